The van der Waals surface area contributed by atoms with E-state index in [4.69, 9.17) is 9.22 Å². The number of rotatable bonds is 5. The number of hydrogen-bond acceptors (Lipinski definition) is 6. The van der Waals surface area contributed by atoms with E-state index in [0.29, 0.717) is 12.4 Å². The minimum absolute atomic E-state index is 0.0385. The van der Waals surface area contributed by atoms with Crippen LogP contribution in [0.3, 0.4) is 0 Å². The molecule has 11 heteroatoms. The van der Waals surface area contributed by atoms with Gasteiger partial charge in [-0.1, -0.05) is 6.07 Å². The van der Waals surface area contributed by atoms with E-state index < -0.39 is 34.7 Å². The first-order valence-corrected chi connectivity index (χ1v) is 10.9. The topological polar surface area (TPSA) is 94.2 Å². The lowest BCUT2D eigenvalue weighted by molar-refractivity contribution is -0.173. The molecule has 0 saturated carbocycles. The molecule has 2 aromatic rings. The Labute approximate surface area is 171 Å². The molecular weight excluding hydrogens is 422 g/mol. The van der Waals surface area contributed by atoms with Crippen molar-refractivity contribution in [2.45, 2.75) is 6.61 Å². The number of nitrogens with one attached hydrogen (secondary N) is 1. The molecule has 1 atom stereocenters. The Hall–Kier alpha value is -3.02. The lowest BCUT2D eigenvalue weighted by Gasteiger charge is -2.27. The molecule has 0 radical (unpaired) electrons. The van der Waals surface area contributed by atoms with E-state index in [0.717, 1.165) is 4.90 Å². The largest absolute Gasteiger partial charge is 0.435 e. The summed E-state index contributed by atoms with van der Waals surface area (Å²) in [6.07, 6.45) is 1.73. The molecule has 4 rings (SSSR count). The number of alkyl halides is 2. The zero-order valence-corrected chi connectivity index (χ0v) is 16.4. The Bertz CT molecular complexity index is 1040. The normalized spacial score (nSPS) is 22.7. The van der Waals surface area contributed by atoms with Crippen LogP contribution in [-0.4, -0.2) is 42.8 Å². The highest BCUT2D eigenvalue weighted by Gasteiger charge is 2.38. The van der Waals surface area contributed by atoms with E-state index in [1.54, 1.807) is 6.26 Å². The number of carbonyl (C=O) groups excluding carboxylic acids is 3. The monoisotopic (exact) mass is 438 g/mol. The number of halogens is 2. The van der Waals surface area contributed by atoms with Crippen molar-refractivity contribution in [2.24, 2.45) is 0 Å². The zero-order valence-electron chi connectivity index (χ0n) is 15.6. The van der Waals surface area contributed by atoms with Gasteiger partial charge in [-0.25, -0.2) is 4.89 Å². The smallest absolute Gasteiger partial charge is 0.387 e. The molecule has 1 saturated heterocycles. The SMILES string of the molecule is CS1(NC(=O)c2ccc3c(c2)C(=O)C(=O)N3c2cccc(OC(F)F)c2)CCOO1. The van der Waals surface area contributed by atoms with Crippen molar-refractivity contribution in [1.29, 1.82) is 0 Å². The van der Waals surface area contributed by atoms with Crippen molar-refractivity contribution < 1.29 is 37.1 Å². The number of ketones is 1. The standard InChI is InChI=1S/C19H16F2N2O6S/c1-30(8-7-27-29-30)22-17(25)11-5-6-15-14(9-11)16(24)18(26)23(15)12-3-2-4-13(10-12)28-19(20)21/h2-6,9-10,19H,7-8H2,1H3,(H,22,25). The van der Waals surface area contributed by atoms with Gasteiger partial charge < -0.3 is 4.74 Å². The third kappa shape index (κ3) is 3.74. The summed E-state index contributed by atoms with van der Waals surface area (Å²) in [5.74, 6) is -1.75. The molecule has 30 heavy (non-hydrogen) atoms. The highest BCUT2D eigenvalue weighted by molar-refractivity contribution is 8.28. The Morgan fingerprint density at radius 3 is 2.73 bits per heavy atom. The molecule has 1 N–H and O–H groups in total. The fourth-order valence-electron chi connectivity index (χ4n) is 3.13. The summed E-state index contributed by atoms with van der Waals surface area (Å²) in [5.41, 5.74) is 0.651. The first-order valence-electron chi connectivity index (χ1n) is 8.74. The summed E-state index contributed by atoms with van der Waals surface area (Å²) in [7, 11) is -1.92. The van der Waals surface area contributed by atoms with Crippen LogP contribution in [0.25, 0.3) is 0 Å². The number of anilines is 2. The van der Waals surface area contributed by atoms with Crippen molar-refractivity contribution >= 4 is 39.5 Å². The van der Waals surface area contributed by atoms with Crippen molar-refractivity contribution in [3.05, 3.63) is 53.6 Å². The van der Waals surface area contributed by atoms with Gasteiger partial charge in [-0.2, -0.15) is 13.1 Å². The quantitative estimate of drug-likeness (QED) is 0.570. The summed E-state index contributed by atoms with van der Waals surface area (Å²) in [6, 6.07) is 9.70. The molecule has 0 spiro atoms. The molecule has 0 aliphatic carbocycles. The number of fused-ring (bicyclic) bond motifs is 1. The highest BCUT2D eigenvalue weighted by atomic mass is 32.3. The average Bonchev–Trinajstić information content (AvgIpc) is 3.23. The first-order chi connectivity index (χ1) is 14.3. The van der Waals surface area contributed by atoms with Crippen LogP contribution in [0.2, 0.25) is 0 Å². The molecule has 0 bridgehead atoms. The van der Waals surface area contributed by atoms with Gasteiger partial charge in [0.15, 0.2) is 0 Å². The van der Waals surface area contributed by atoms with Gasteiger partial charge in [-0.15, -0.1) is 0 Å². The predicted octanol–water partition coefficient (Wildman–Crippen LogP) is 3.11. The fourth-order valence-corrected chi connectivity index (χ4v) is 4.51. The van der Waals surface area contributed by atoms with Crippen molar-refractivity contribution in [2.75, 3.05) is 23.5 Å². The van der Waals surface area contributed by atoms with Crippen LogP contribution in [0, 0.1) is 0 Å². The van der Waals surface area contributed by atoms with E-state index >= 15 is 0 Å². The maximum absolute atomic E-state index is 12.6. The van der Waals surface area contributed by atoms with E-state index in [1.807, 2.05) is 0 Å². The maximum atomic E-state index is 12.6. The Morgan fingerprint density at radius 1 is 1.23 bits per heavy atom. The first kappa shape index (κ1) is 20.3. The summed E-state index contributed by atoms with van der Waals surface area (Å²) < 4.78 is 37.2. The average molecular weight is 438 g/mol. The summed E-state index contributed by atoms with van der Waals surface area (Å²) >= 11 is 0. The number of ether oxygens (including phenoxy) is 1. The van der Waals surface area contributed by atoms with Gasteiger partial charge in [0, 0.05) is 23.6 Å². The van der Waals surface area contributed by atoms with Gasteiger partial charge in [0.05, 0.1) is 23.5 Å². The van der Waals surface area contributed by atoms with Crippen LogP contribution in [0.4, 0.5) is 20.2 Å². The Morgan fingerprint density at radius 2 is 2.03 bits per heavy atom. The maximum Gasteiger partial charge on any atom is 0.387 e. The van der Waals surface area contributed by atoms with Crippen molar-refractivity contribution in [3.63, 3.8) is 0 Å². The molecular formula is C19H16F2N2O6S. The van der Waals surface area contributed by atoms with Crippen LogP contribution < -0.4 is 14.4 Å². The second kappa shape index (κ2) is 7.67. The number of nitrogens with zero attached hydrogens (tertiary/aromatic N) is 1. The number of benzene rings is 2. The third-order valence-electron chi connectivity index (χ3n) is 4.51. The molecule has 8 nitrogen and oxygen atoms in total. The zero-order chi connectivity index (χ0) is 21.5. The van der Waals surface area contributed by atoms with Gasteiger partial charge >= 0.3 is 12.5 Å². The van der Waals surface area contributed by atoms with Crippen LogP contribution in [0.5, 0.6) is 5.75 Å². The van der Waals surface area contributed by atoms with E-state index in [1.165, 1.54) is 42.5 Å². The van der Waals surface area contributed by atoms with E-state index in [9.17, 15) is 23.2 Å². The van der Waals surface area contributed by atoms with Gasteiger partial charge in [-0.05, 0) is 40.8 Å². The molecule has 158 valence electrons. The summed E-state index contributed by atoms with van der Waals surface area (Å²) in [5, 5.41) is 0. The molecule has 2 aliphatic heterocycles. The van der Waals surface area contributed by atoms with Crippen LogP contribution in [0.1, 0.15) is 20.7 Å². The van der Waals surface area contributed by atoms with Gasteiger partial charge in [-0.3, -0.25) is 24.0 Å². The van der Waals surface area contributed by atoms with Gasteiger partial charge in [0.2, 0.25) is 0 Å². The molecule has 2 amide bonds. The number of carbonyl (C=O) groups is 3. The van der Waals surface area contributed by atoms with Gasteiger partial charge in [0.1, 0.15) is 5.75 Å². The van der Waals surface area contributed by atoms with E-state index in [-0.39, 0.29) is 28.3 Å². The fraction of sp³-hybridized carbons (Fsp3) is 0.211. The minimum atomic E-state index is -3.03. The second-order valence-corrected chi connectivity index (χ2v) is 9.37. The Kier molecular flexibility index (Phi) is 5.18. The van der Waals surface area contributed by atoms with Gasteiger partial charge in [0.25, 0.3) is 11.7 Å². The number of Topliss-reactive ketones (excluding diaryl/α,β-unsaturated/α-hetero) is 1. The molecule has 0 aromatic heterocycles. The molecule has 2 aromatic carbocycles. The molecule has 1 unspecified atom stereocenters. The lowest BCUT2D eigenvalue weighted by atomic mass is 10.1. The third-order valence-corrected chi connectivity index (χ3v) is 6.47. The lowest BCUT2D eigenvalue weighted by Crippen LogP contribution is -2.28. The Balaban J connectivity index is 1.64. The van der Waals surface area contributed by atoms with Crippen LogP contribution in [-0.2, 0) is 14.0 Å². The second-order valence-electron chi connectivity index (χ2n) is 6.61. The van der Waals surface area contributed by atoms with Crippen molar-refractivity contribution in [3.8, 4) is 5.75 Å². The predicted molar refractivity (Wildman–Crippen MR) is 104 cm³/mol. The van der Waals surface area contributed by atoms with Crippen LogP contribution >= 0.6 is 10.5 Å². The minimum Gasteiger partial charge on any atom is -0.435 e. The van der Waals surface area contributed by atoms with Crippen LogP contribution in [0.15, 0.2) is 42.5 Å². The molecule has 2 heterocycles. The van der Waals surface area contributed by atoms with Crippen molar-refractivity contribution in [1.82, 2.24) is 4.72 Å². The number of amides is 2. The summed E-state index contributed by atoms with van der Waals surface area (Å²) in [6.45, 7) is -2.66. The highest BCUT2D eigenvalue weighted by Crippen LogP contribution is 2.45. The summed E-state index contributed by atoms with van der Waals surface area (Å²) in [4.78, 5) is 43.6. The van der Waals surface area contributed by atoms with E-state index in [2.05, 4.69) is 9.46 Å². The molecule has 2 aliphatic rings. The number of hydrogen-bond donors (Lipinski definition) is 1. The molecule has 1 fully saturated rings.